The Bertz CT molecular complexity index is 1830. The van der Waals surface area contributed by atoms with Crippen molar-refractivity contribution in [1.82, 2.24) is 15.0 Å². The fourth-order valence-electron chi connectivity index (χ4n) is 4.40. The fourth-order valence-corrected chi connectivity index (χ4v) is 4.40. The number of anilines is 1. The third-order valence-corrected chi connectivity index (χ3v) is 6.30. The van der Waals surface area contributed by atoms with Gasteiger partial charge >= 0.3 is 0 Å². The first-order valence-corrected chi connectivity index (χ1v) is 12.4. The minimum Gasteiger partial charge on any atom is -0.506 e. The number of carbonyl (C=O) groups is 1. The Labute approximate surface area is 237 Å². The molecule has 0 radical (unpaired) electrons. The van der Waals surface area contributed by atoms with Crippen molar-refractivity contribution in [2.24, 2.45) is 0 Å². The number of nitrogens with one attached hydrogen (secondary N) is 1. The van der Waals surface area contributed by atoms with Crippen LogP contribution >= 0.6 is 0 Å². The minimum atomic E-state index is -0.949. The molecule has 9 nitrogen and oxygen atoms in total. The second-order valence-electron chi connectivity index (χ2n) is 9.05. The van der Waals surface area contributed by atoms with Crippen LogP contribution < -0.4 is 14.8 Å². The molecule has 0 aliphatic carbocycles. The van der Waals surface area contributed by atoms with E-state index in [1.54, 1.807) is 6.07 Å². The highest BCUT2D eigenvalue weighted by molar-refractivity contribution is 6.08. The van der Waals surface area contributed by atoms with Gasteiger partial charge < -0.3 is 24.6 Å². The van der Waals surface area contributed by atoms with Gasteiger partial charge in [0.05, 0.1) is 31.1 Å². The SMILES string of the molecule is COCc1nc(C)c(-c2ccc(F)cc2F)c(O)c1C(=O)Nc1ccc(Oc2ccnc3cc(OC)cnc23)c(F)c1. The van der Waals surface area contributed by atoms with Crippen LogP contribution in [0.1, 0.15) is 21.7 Å². The van der Waals surface area contributed by atoms with E-state index in [-0.39, 0.29) is 51.9 Å². The van der Waals surface area contributed by atoms with Crippen LogP contribution in [0.4, 0.5) is 18.9 Å². The molecule has 3 heterocycles. The van der Waals surface area contributed by atoms with Crippen LogP contribution in [0.2, 0.25) is 0 Å². The van der Waals surface area contributed by atoms with Gasteiger partial charge in [0.25, 0.3) is 5.91 Å². The molecule has 0 aliphatic rings. The Morgan fingerprint density at radius 2 is 1.79 bits per heavy atom. The van der Waals surface area contributed by atoms with Crippen molar-refractivity contribution < 1.29 is 37.3 Å². The van der Waals surface area contributed by atoms with Crippen LogP contribution in [0.5, 0.6) is 23.0 Å². The lowest BCUT2D eigenvalue weighted by Gasteiger charge is -2.17. The summed E-state index contributed by atoms with van der Waals surface area (Å²) < 4.78 is 59.3. The predicted octanol–water partition coefficient (Wildman–Crippen LogP) is 6.32. The van der Waals surface area contributed by atoms with Gasteiger partial charge in [-0.2, -0.15) is 0 Å². The number of aromatic nitrogens is 3. The average Bonchev–Trinajstić information content (AvgIpc) is 2.95. The summed E-state index contributed by atoms with van der Waals surface area (Å²) in [7, 11) is 2.87. The molecule has 5 aromatic rings. The van der Waals surface area contributed by atoms with Gasteiger partial charge in [-0.3, -0.25) is 14.8 Å². The van der Waals surface area contributed by atoms with Crippen LogP contribution in [-0.4, -0.2) is 40.2 Å². The van der Waals surface area contributed by atoms with E-state index < -0.39 is 29.1 Å². The topological polar surface area (TPSA) is 116 Å². The molecule has 0 fully saturated rings. The number of aryl methyl sites for hydroxylation is 1. The molecule has 3 aromatic heterocycles. The molecule has 0 spiro atoms. The molecule has 0 atom stereocenters. The monoisotopic (exact) mass is 576 g/mol. The van der Waals surface area contributed by atoms with Crippen LogP contribution in [0.15, 0.2) is 60.9 Å². The van der Waals surface area contributed by atoms with Crippen molar-refractivity contribution in [2.45, 2.75) is 13.5 Å². The maximum atomic E-state index is 15.1. The highest BCUT2D eigenvalue weighted by Gasteiger charge is 2.26. The maximum absolute atomic E-state index is 15.1. The lowest BCUT2D eigenvalue weighted by molar-refractivity contribution is 0.101. The molecule has 0 bridgehead atoms. The smallest absolute Gasteiger partial charge is 0.261 e. The van der Waals surface area contributed by atoms with Crippen molar-refractivity contribution >= 4 is 22.6 Å². The number of halogens is 3. The predicted molar refractivity (Wildman–Crippen MR) is 147 cm³/mol. The van der Waals surface area contributed by atoms with Crippen LogP contribution in [0.3, 0.4) is 0 Å². The first kappa shape index (κ1) is 28.3. The third-order valence-electron chi connectivity index (χ3n) is 6.30. The van der Waals surface area contributed by atoms with E-state index in [0.29, 0.717) is 22.8 Å². The summed E-state index contributed by atoms with van der Waals surface area (Å²) in [5, 5.41) is 13.6. The number of aromatic hydroxyl groups is 1. The summed E-state index contributed by atoms with van der Waals surface area (Å²) in [5.74, 6) is -3.41. The van der Waals surface area contributed by atoms with Gasteiger partial charge in [-0.05, 0) is 31.2 Å². The fraction of sp³-hybridized carbons (Fsp3) is 0.133. The van der Waals surface area contributed by atoms with Gasteiger partial charge in [0, 0.05) is 60.1 Å². The van der Waals surface area contributed by atoms with Gasteiger partial charge in [0.1, 0.15) is 34.2 Å². The van der Waals surface area contributed by atoms with Crippen LogP contribution in [0, 0.1) is 24.4 Å². The van der Waals surface area contributed by atoms with E-state index >= 15 is 4.39 Å². The molecular weight excluding hydrogens is 553 g/mol. The van der Waals surface area contributed by atoms with Gasteiger partial charge in [0.2, 0.25) is 0 Å². The second-order valence-corrected chi connectivity index (χ2v) is 9.05. The summed E-state index contributed by atoms with van der Waals surface area (Å²) in [5.41, 5.74) is 0.586. The maximum Gasteiger partial charge on any atom is 0.261 e. The van der Waals surface area contributed by atoms with Crippen LogP contribution in [0.25, 0.3) is 22.2 Å². The molecule has 12 heteroatoms. The quantitative estimate of drug-likeness (QED) is 0.220. The van der Waals surface area contributed by atoms with E-state index in [0.717, 1.165) is 18.2 Å². The number of carbonyl (C=O) groups excluding carboxylic acids is 1. The van der Waals surface area contributed by atoms with Gasteiger partial charge in [-0.25, -0.2) is 18.2 Å². The number of pyridine rings is 3. The number of ether oxygens (including phenoxy) is 3. The van der Waals surface area contributed by atoms with E-state index in [1.807, 2.05) is 0 Å². The number of amides is 1. The highest BCUT2D eigenvalue weighted by Crippen LogP contribution is 2.38. The molecule has 5 rings (SSSR count). The molecule has 0 unspecified atom stereocenters. The summed E-state index contributed by atoms with van der Waals surface area (Å²) in [4.78, 5) is 26.2. The van der Waals surface area contributed by atoms with Crippen molar-refractivity contribution in [3.63, 3.8) is 0 Å². The lowest BCUT2D eigenvalue weighted by Crippen LogP contribution is -2.17. The highest BCUT2D eigenvalue weighted by atomic mass is 19.1. The zero-order chi connectivity index (χ0) is 30.0. The summed E-state index contributed by atoms with van der Waals surface area (Å²) >= 11 is 0. The molecular formula is C30H23F3N4O5. The van der Waals surface area contributed by atoms with Crippen molar-refractivity contribution in [3.8, 4) is 34.1 Å². The largest absolute Gasteiger partial charge is 0.506 e. The summed E-state index contributed by atoms with van der Waals surface area (Å²) in [6.07, 6.45) is 2.96. The summed E-state index contributed by atoms with van der Waals surface area (Å²) in [6.45, 7) is 1.34. The Balaban J connectivity index is 1.45. The van der Waals surface area contributed by atoms with E-state index in [2.05, 4.69) is 20.3 Å². The zero-order valence-corrected chi connectivity index (χ0v) is 22.5. The number of hydrogen-bond donors (Lipinski definition) is 2. The Kier molecular flexibility index (Phi) is 7.89. The Morgan fingerprint density at radius 1 is 0.976 bits per heavy atom. The van der Waals surface area contributed by atoms with Crippen molar-refractivity contribution in [2.75, 3.05) is 19.5 Å². The zero-order valence-electron chi connectivity index (χ0n) is 22.5. The van der Waals surface area contributed by atoms with Gasteiger partial charge in [-0.1, -0.05) is 0 Å². The van der Waals surface area contributed by atoms with E-state index in [4.69, 9.17) is 14.2 Å². The number of nitrogens with zero attached hydrogens (tertiary/aromatic N) is 3. The molecule has 0 aliphatic heterocycles. The number of rotatable bonds is 8. The number of methoxy groups -OCH3 is 2. The number of fused-ring (bicyclic) bond motifs is 1. The van der Waals surface area contributed by atoms with E-state index in [1.165, 1.54) is 51.7 Å². The van der Waals surface area contributed by atoms with E-state index in [9.17, 15) is 18.7 Å². The molecule has 2 N–H and O–H groups in total. The van der Waals surface area contributed by atoms with Crippen molar-refractivity contribution in [3.05, 3.63) is 95.3 Å². The first-order chi connectivity index (χ1) is 20.2. The number of hydrogen-bond acceptors (Lipinski definition) is 8. The lowest BCUT2D eigenvalue weighted by atomic mass is 9.98. The standard InChI is InChI=1S/C30H23F3N4O5/c1-15-26(19-6-4-16(31)10-20(19)32)29(38)27(23(36-15)14-40-2)30(39)37-17-5-7-24(21(33)11-17)42-25-8-9-34-22-12-18(41-3)13-35-28(22)25/h4-13H,14H2,1-3H3,(H,36,38)(H,37,39). The van der Waals surface area contributed by atoms with Gasteiger partial charge in [-0.15, -0.1) is 0 Å². The molecule has 214 valence electrons. The molecule has 0 saturated carbocycles. The minimum absolute atomic E-state index is 0.0325. The second kappa shape index (κ2) is 11.7. The molecule has 2 aromatic carbocycles. The summed E-state index contributed by atoms with van der Waals surface area (Å²) in [6, 6.07) is 9.74. The first-order valence-electron chi connectivity index (χ1n) is 12.4. The molecule has 0 saturated heterocycles. The Morgan fingerprint density at radius 3 is 2.50 bits per heavy atom. The third kappa shape index (κ3) is 5.52. The average molecular weight is 577 g/mol. The normalized spacial score (nSPS) is 11.0. The van der Waals surface area contributed by atoms with Gasteiger partial charge in [0.15, 0.2) is 17.3 Å². The number of benzene rings is 2. The Hall–Kier alpha value is -5.23. The molecule has 1 amide bonds. The molecule has 42 heavy (non-hydrogen) atoms. The van der Waals surface area contributed by atoms with Crippen LogP contribution in [-0.2, 0) is 11.3 Å². The van der Waals surface area contributed by atoms with Crippen molar-refractivity contribution in [1.29, 1.82) is 0 Å².